The fourth-order valence-electron chi connectivity index (χ4n) is 2.92. The number of nitrogens with zero attached hydrogens (tertiary/aromatic N) is 2. The van der Waals surface area contributed by atoms with Crippen molar-refractivity contribution in [3.05, 3.63) is 30.1 Å². The van der Waals surface area contributed by atoms with Crippen molar-refractivity contribution in [2.45, 2.75) is 25.7 Å². The molecule has 0 saturated carbocycles. The number of hydrogen-bond acceptors (Lipinski definition) is 4. The van der Waals surface area contributed by atoms with E-state index in [0.717, 1.165) is 5.56 Å². The second kappa shape index (κ2) is 7.35. The Bertz CT molecular complexity index is 520. The molecule has 1 amide bonds. The third kappa shape index (κ3) is 3.82. The normalized spacial score (nSPS) is 21.6. The molecule has 1 aromatic heterocycles. The molecular formula is C16H22N2O4. The predicted octanol–water partition coefficient (Wildman–Crippen LogP) is 1.35. The summed E-state index contributed by atoms with van der Waals surface area (Å²) in [5.41, 5.74) is -0.0466. The van der Waals surface area contributed by atoms with Gasteiger partial charge in [-0.15, -0.1) is 0 Å². The van der Waals surface area contributed by atoms with Crippen molar-refractivity contribution in [2.24, 2.45) is 5.41 Å². The molecule has 2 heterocycles. The van der Waals surface area contributed by atoms with Gasteiger partial charge in [0.15, 0.2) is 0 Å². The number of hydrogen-bond donors (Lipinski definition) is 1. The first-order chi connectivity index (χ1) is 10.6. The second-order valence-corrected chi connectivity index (χ2v) is 5.79. The van der Waals surface area contributed by atoms with Crippen LogP contribution in [-0.2, 0) is 20.7 Å². The summed E-state index contributed by atoms with van der Waals surface area (Å²) >= 11 is 0. The summed E-state index contributed by atoms with van der Waals surface area (Å²) in [7, 11) is 1.56. The first-order valence-electron chi connectivity index (χ1n) is 7.46. The zero-order chi connectivity index (χ0) is 16.0. The molecule has 0 unspecified atom stereocenters. The number of aliphatic carboxylic acids is 1. The van der Waals surface area contributed by atoms with E-state index < -0.39 is 11.4 Å². The van der Waals surface area contributed by atoms with Gasteiger partial charge in [-0.25, -0.2) is 0 Å². The van der Waals surface area contributed by atoms with Gasteiger partial charge < -0.3 is 14.7 Å². The summed E-state index contributed by atoms with van der Waals surface area (Å²) in [6.45, 7) is 1.25. The molecular weight excluding hydrogens is 284 g/mol. The smallest absolute Gasteiger partial charge is 0.311 e. The molecule has 0 aliphatic carbocycles. The number of amides is 1. The highest BCUT2D eigenvalue weighted by Crippen LogP contribution is 2.34. The van der Waals surface area contributed by atoms with Crippen LogP contribution in [0.4, 0.5) is 0 Å². The van der Waals surface area contributed by atoms with E-state index >= 15 is 0 Å². The molecule has 1 fully saturated rings. The van der Waals surface area contributed by atoms with Crippen molar-refractivity contribution < 1.29 is 19.4 Å². The molecule has 120 valence electrons. The summed E-state index contributed by atoms with van der Waals surface area (Å²) in [4.78, 5) is 29.8. The number of carbonyl (C=O) groups is 2. The number of carboxylic acid groups (broad SMARTS) is 1. The maximum absolute atomic E-state index is 12.4. The standard InChI is InChI=1S/C16H22N2O4/c1-22-9-6-16(15(20)21)5-3-8-18(12-16)14(19)10-13-4-2-7-17-11-13/h2,4,7,11H,3,5-6,8-10,12H2,1H3,(H,20,21)/t16-/m1/s1. The third-order valence-electron chi connectivity index (χ3n) is 4.25. The van der Waals surface area contributed by atoms with E-state index in [0.29, 0.717) is 32.4 Å². The van der Waals surface area contributed by atoms with Gasteiger partial charge in [0.2, 0.25) is 5.91 Å². The van der Waals surface area contributed by atoms with Gasteiger partial charge in [0.1, 0.15) is 0 Å². The van der Waals surface area contributed by atoms with Gasteiger partial charge in [-0.1, -0.05) is 6.07 Å². The van der Waals surface area contributed by atoms with E-state index in [4.69, 9.17) is 4.74 Å². The zero-order valence-corrected chi connectivity index (χ0v) is 12.8. The van der Waals surface area contributed by atoms with Crippen LogP contribution >= 0.6 is 0 Å². The molecule has 1 aliphatic rings. The Morgan fingerprint density at radius 1 is 1.50 bits per heavy atom. The molecule has 0 spiro atoms. The van der Waals surface area contributed by atoms with Crippen LogP contribution in [0, 0.1) is 5.41 Å². The largest absolute Gasteiger partial charge is 0.481 e. The molecule has 6 heteroatoms. The van der Waals surface area contributed by atoms with Gasteiger partial charge in [-0.05, 0) is 30.9 Å². The van der Waals surface area contributed by atoms with E-state index in [1.807, 2.05) is 6.07 Å². The number of ether oxygens (including phenoxy) is 1. The molecule has 1 aliphatic heterocycles. The number of likely N-dealkylation sites (tertiary alicyclic amines) is 1. The molecule has 6 nitrogen and oxygen atoms in total. The molecule has 22 heavy (non-hydrogen) atoms. The molecule has 1 aromatic rings. The van der Waals surface area contributed by atoms with Crippen LogP contribution in [0.1, 0.15) is 24.8 Å². The Labute approximate surface area is 130 Å². The highest BCUT2D eigenvalue weighted by molar-refractivity contribution is 5.81. The number of rotatable bonds is 6. The fraction of sp³-hybridized carbons (Fsp3) is 0.562. The van der Waals surface area contributed by atoms with E-state index in [1.54, 1.807) is 30.5 Å². The number of piperidine rings is 1. The van der Waals surface area contributed by atoms with E-state index in [2.05, 4.69) is 4.98 Å². The SMILES string of the molecule is COCC[C@]1(C(=O)O)CCCN(C(=O)Cc2cccnc2)C1. The quantitative estimate of drug-likeness (QED) is 0.858. The van der Waals surface area contributed by atoms with Gasteiger partial charge in [0, 0.05) is 39.2 Å². The topological polar surface area (TPSA) is 79.7 Å². The minimum Gasteiger partial charge on any atom is -0.481 e. The van der Waals surface area contributed by atoms with E-state index in [-0.39, 0.29) is 18.9 Å². The molecule has 0 radical (unpaired) electrons. The van der Waals surface area contributed by atoms with Crippen LogP contribution in [0.5, 0.6) is 0 Å². The predicted molar refractivity (Wildman–Crippen MR) is 80.3 cm³/mol. The Balaban J connectivity index is 2.05. The summed E-state index contributed by atoms with van der Waals surface area (Å²) < 4.78 is 5.04. The fourth-order valence-corrected chi connectivity index (χ4v) is 2.92. The van der Waals surface area contributed by atoms with Gasteiger partial charge in [0.25, 0.3) is 0 Å². The lowest BCUT2D eigenvalue weighted by molar-refractivity contribution is -0.156. The van der Waals surface area contributed by atoms with Gasteiger partial charge >= 0.3 is 5.97 Å². The lowest BCUT2D eigenvalue weighted by Crippen LogP contribution is -2.50. The zero-order valence-electron chi connectivity index (χ0n) is 12.8. The summed E-state index contributed by atoms with van der Waals surface area (Å²) in [5.74, 6) is -0.890. The van der Waals surface area contributed by atoms with Crippen molar-refractivity contribution in [1.29, 1.82) is 0 Å². The van der Waals surface area contributed by atoms with Crippen LogP contribution in [-0.4, -0.2) is 53.7 Å². The van der Waals surface area contributed by atoms with E-state index in [9.17, 15) is 14.7 Å². The lowest BCUT2D eigenvalue weighted by atomic mass is 9.77. The van der Waals surface area contributed by atoms with Crippen molar-refractivity contribution >= 4 is 11.9 Å². The number of carboxylic acids is 1. The highest BCUT2D eigenvalue weighted by Gasteiger charge is 2.43. The number of pyridine rings is 1. The van der Waals surface area contributed by atoms with Crippen LogP contribution in [0.2, 0.25) is 0 Å². The maximum Gasteiger partial charge on any atom is 0.311 e. The molecule has 2 rings (SSSR count). The summed E-state index contributed by atoms with van der Waals surface area (Å²) in [6, 6.07) is 3.64. The molecule has 1 saturated heterocycles. The monoisotopic (exact) mass is 306 g/mol. The maximum atomic E-state index is 12.4. The first-order valence-corrected chi connectivity index (χ1v) is 7.46. The Morgan fingerprint density at radius 2 is 2.32 bits per heavy atom. The highest BCUT2D eigenvalue weighted by atomic mass is 16.5. The second-order valence-electron chi connectivity index (χ2n) is 5.79. The average molecular weight is 306 g/mol. The van der Waals surface area contributed by atoms with Crippen molar-refractivity contribution in [3.8, 4) is 0 Å². The number of methoxy groups -OCH3 is 1. The van der Waals surface area contributed by atoms with E-state index in [1.165, 1.54) is 0 Å². The first kappa shape index (κ1) is 16.4. The average Bonchev–Trinajstić information content (AvgIpc) is 2.54. The molecule has 1 N–H and O–H groups in total. The molecule has 1 atom stereocenters. The lowest BCUT2D eigenvalue weighted by Gasteiger charge is -2.40. The van der Waals surface area contributed by atoms with Crippen LogP contribution < -0.4 is 0 Å². The summed E-state index contributed by atoms with van der Waals surface area (Å²) in [6.07, 6.45) is 5.30. The van der Waals surface area contributed by atoms with Crippen LogP contribution in [0.3, 0.4) is 0 Å². The Morgan fingerprint density at radius 3 is 2.95 bits per heavy atom. The molecule has 0 bridgehead atoms. The minimum atomic E-state index is -0.890. The minimum absolute atomic E-state index is 0.0456. The molecule has 0 aromatic carbocycles. The van der Waals surface area contributed by atoms with Crippen molar-refractivity contribution in [2.75, 3.05) is 26.8 Å². The Hall–Kier alpha value is -1.95. The van der Waals surface area contributed by atoms with Gasteiger partial charge in [0.05, 0.1) is 11.8 Å². The van der Waals surface area contributed by atoms with Gasteiger partial charge in [-0.3, -0.25) is 14.6 Å². The van der Waals surface area contributed by atoms with Crippen LogP contribution in [0.15, 0.2) is 24.5 Å². The Kier molecular flexibility index (Phi) is 5.49. The van der Waals surface area contributed by atoms with Crippen LogP contribution in [0.25, 0.3) is 0 Å². The number of carbonyl (C=O) groups excluding carboxylic acids is 1. The van der Waals surface area contributed by atoms with Crippen molar-refractivity contribution in [3.63, 3.8) is 0 Å². The van der Waals surface area contributed by atoms with Gasteiger partial charge in [-0.2, -0.15) is 0 Å². The van der Waals surface area contributed by atoms with Crippen molar-refractivity contribution in [1.82, 2.24) is 9.88 Å². The summed E-state index contributed by atoms with van der Waals surface area (Å²) in [5, 5.41) is 9.60. The third-order valence-corrected chi connectivity index (χ3v) is 4.25. The number of aromatic nitrogens is 1.